The molecule has 3 N–H and O–H groups in total. The van der Waals surface area contributed by atoms with Crippen molar-refractivity contribution in [3.05, 3.63) is 52.6 Å². The number of benzene rings is 2. The lowest BCUT2D eigenvalue weighted by atomic mass is 10.0. The normalized spacial score (nSPS) is 14.6. The summed E-state index contributed by atoms with van der Waals surface area (Å²) in [4.78, 5) is 14.9. The highest BCUT2D eigenvalue weighted by Gasteiger charge is 2.20. The van der Waals surface area contributed by atoms with E-state index in [9.17, 15) is 9.90 Å². The largest absolute Gasteiger partial charge is 0.507 e. The Morgan fingerprint density at radius 1 is 1.03 bits per heavy atom. The lowest BCUT2D eigenvalue weighted by Crippen LogP contribution is -2.36. The van der Waals surface area contributed by atoms with E-state index >= 15 is 0 Å². The number of fused-ring (bicyclic) bond motifs is 1. The Morgan fingerprint density at radius 2 is 1.74 bits per heavy atom. The number of aromatic amines is 2. The van der Waals surface area contributed by atoms with Crippen LogP contribution < -0.4 is 10.6 Å². The van der Waals surface area contributed by atoms with Crippen molar-refractivity contribution >= 4 is 16.6 Å². The lowest BCUT2D eigenvalue weighted by Gasteiger charge is -2.28. The average Bonchev–Trinajstić information content (AvgIpc) is 3.37. The molecule has 2 aromatic carbocycles. The molecule has 9 nitrogen and oxygen atoms in total. The fourth-order valence-corrected chi connectivity index (χ4v) is 4.04. The number of morpholine rings is 1. The number of ether oxygens (including phenoxy) is 1. The summed E-state index contributed by atoms with van der Waals surface area (Å²) in [6.07, 6.45) is 0. The zero-order chi connectivity index (χ0) is 21.5. The number of nitrogens with one attached hydrogen (secondary N) is 2. The van der Waals surface area contributed by atoms with Crippen molar-refractivity contribution in [3.8, 4) is 22.8 Å². The number of aromatic nitrogens is 5. The van der Waals surface area contributed by atoms with Crippen LogP contribution >= 0.6 is 0 Å². The number of H-pyrrole nitrogens is 2. The molecule has 0 radical (unpaired) electrons. The number of anilines is 1. The van der Waals surface area contributed by atoms with Gasteiger partial charge in [0.05, 0.1) is 30.0 Å². The van der Waals surface area contributed by atoms with Crippen LogP contribution in [-0.4, -0.2) is 56.4 Å². The van der Waals surface area contributed by atoms with Crippen molar-refractivity contribution in [1.82, 2.24) is 25.0 Å². The SMILES string of the molecule is CC(C)c1[nH]nc2cc(O)c(-c3n[nH]c(=O)n3-c3ccc(N4CCOCC4)cc3)cc12. The first-order chi connectivity index (χ1) is 15.0. The molecule has 4 aromatic rings. The molecule has 1 aliphatic rings. The molecule has 3 heterocycles. The first kappa shape index (κ1) is 19.4. The van der Waals surface area contributed by atoms with E-state index in [4.69, 9.17) is 4.74 Å². The van der Waals surface area contributed by atoms with Crippen LogP contribution in [-0.2, 0) is 4.74 Å². The summed E-state index contributed by atoms with van der Waals surface area (Å²) in [5, 5.41) is 25.6. The Balaban J connectivity index is 1.58. The molecule has 0 amide bonds. The van der Waals surface area contributed by atoms with E-state index in [0.29, 0.717) is 35.8 Å². The van der Waals surface area contributed by atoms with Gasteiger partial charge in [0.15, 0.2) is 5.82 Å². The minimum absolute atomic E-state index is 0.0134. The van der Waals surface area contributed by atoms with Gasteiger partial charge in [-0.1, -0.05) is 13.8 Å². The number of aromatic hydroxyl groups is 1. The van der Waals surface area contributed by atoms with Crippen LogP contribution in [0, 0.1) is 0 Å². The van der Waals surface area contributed by atoms with Crippen molar-refractivity contribution < 1.29 is 9.84 Å². The summed E-state index contributed by atoms with van der Waals surface area (Å²) in [6, 6.07) is 11.2. The average molecular weight is 420 g/mol. The van der Waals surface area contributed by atoms with E-state index in [0.717, 1.165) is 29.9 Å². The summed E-state index contributed by atoms with van der Waals surface area (Å²) in [5.41, 5.74) is 3.48. The summed E-state index contributed by atoms with van der Waals surface area (Å²) >= 11 is 0. The lowest BCUT2D eigenvalue weighted by molar-refractivity contribution is 0.122. The number of rotatable bonds is 4. The number of hydrogen-bond acceptors (Lipinski definition) is 6. The van der Waals surface area contributed by atoms with Crippen molar-refractivity contribution in [2.75, 3.05) is 31.2 Å². The molecule has 0 aliphatic carbocycles. The van der Waals surface area contributed by atoms with Crippen LogP contribution in [0.1, 0.15) is 25.5 Å². The topological polar surface area (TPSA) is 112 Å². The molecule has 1 aliphatic heterocycles. The van der Waals surface area contributed by atoms with E-state index in [-0.39, 0.29) is 17.4 Å². The van der Waals surface area contributed by atoms with Crippen LogP contribution in [0.4, 0.5) is 5.69 Å². The number of nitrogens with zero attached hydrogens (tertiary/aromatic N) is 4. The van der Waals surface area contributed by atoms with Gasteiger partial charge in [-0.25, -0.2) is 14.5 Å². The van der Waals surface area contributed by atoms with Crippen LogP contribution in [0.3, 0.4) is 0 Å². The fourth-order valence-electron chi connectivity index (χ4n) is 4.04. The van der Waals surface area contributed by atoms with E-state index in [1.54, 1.807) is 6.07 Å². The summed E-state index contributed by atoms with van der Waals surface area (Å²) in [6.45, 7) is 7.24. The Morgan fingerprint density at radius 3 is 2.45 bits per heavy atom. The predicted molar refractivity (Wildman–Crippen MR) is 118 cm³/mol. The molecule has 5 rings (SSSR count). The second kappa shape index (κ2) is 7.59. The smallest absolute Gasteiger partial charge is 0.348 e. The maximum atomic E-state index is 12.6. The third-order valence-electron chi connectivity index (χ3n) is 5.68. The minimum atomic E-state index is -0.370. The molecular weight excluding hydrogens is 396 g/mol. The predicted octanol–water partition coefficient (Wildman–Crippen LogP) is 2.77. The maximum Gasteiger partial charge on any atom is 0.348 e. The molecule has 9 heteroatoms. The third-order valence-corrected chi connectivity index (χ3v) is 5.68. The van der Waals surface area contributed by atoms with E-state index < -0.39 is 0 Å². The van der Waals surface area contributed by atoms with Crippen molar-refractivity contribution in [1.29, 1.82) is 0 Å². The highest BCUT2D eigenvalue weighted by molar-refractivity contribution is 5.89. The van der Waals surface area contributed by atoms with Gasteiger partial charge < -0.3 is 14.7 Å². The Kier molecular flexibility index (Phi) is 4.74. The standard InChI is InChI=1S/C22H24N6O3/c1-13(2)20-16-11-17(19(29)12-18(16)23-24-20)21-25-26-22(30)28(21)15-5-3-14(4-6-15)27-7-9-31-10-8-27/h3-6,11-13,29H,7-10H2,1-2H3,(H,23,24)(H,26,30). The molecule has 31 heavy (non-hydrogen) atoms. The fraction of sp³-hybridized carbons (Fsp3) is 0.318. The maximum absolute atomic E-state index is 12.6. The molecule has 160 valence electrons. The molecule has 2 aromatic heterocycles. The molecule has 0 atom stereocenters. The molecular formula is C22H24N6O3. The minimum Gasteiger partial charge on any atom is -0.507 e. The summed E-state index contributed by atoms with van der Waals surface area (Å²) in [7, 11) is 0. The first-order valence-corrected chi connectivity index (χ1v) is 10.3. The van der Waals surface area contributed by atoms with Crippen molar-refractivity contribution in [2.24, 2.45) is 0 Å². The van der Waals surface area contributed by atoms with Crippen molar-refractivity contribution in [2.45, 2.75) is 19.8 Å². The number of phenolic OH excluding ortho intramolecular Hbond substituents is 1. The third kappa shape index (κ3) is 3.36. The van der Waals surface area contributed by atoms with Gasteiger partial charge in [-0.15, -0.1) is 0 Å². The molecule has 0 spiro atoms. The van der Waals surface area contributed by atoms with Gasteiger partial charge >= 0.3 is 5.69 Å². The van der Waals surface area contributed by atoms with Gasteiger partial charge in [0.2, 0.25) is 0 Å². The molecule has 1 saturated heterocycles. The van der Waals surface area contributed by atoms with Crippen molar-refractivity contribution in [3.63, 3.8) is 0 Å². The quantitative estimate of drug-likeness (QED) is 0.468. The van der Waals surface area contributed by atoms with Gasteiger partial charge in [-0.2, -0.15) is 10.2 Å². The van der Waals surface area contributed by atoms with E-state index in [2.05, 4.69) is 39.1 Å². The second-order valence-electron chi connectivity index (χ2n) is 7.98. The van der Waals surface area contributed by atoms with Crippen LogP contribution in [0.5, 0.6) is 5.75 Å². The van der Waals surface area contributed by atoms with Crippen LogP contribution in [0.25, 0.3) is 28.0 Å². The van der Waals surface area contributed by atoms with Gasteiger partial charge in [0, 0.05) is 35.9 Å². The van der Waals surface area contributed by atoms with Gasteiger partial charge in [-0.3, -0.25) is 5.10 Å². The second-order valence-corrected chi connectivity index (χ2v) is 7.98. The molecule has 0 unspecified atom stereocenters. The van der Waals surface area contributed by atoms with Gasteiger partial charge in [0.1, 0.15) is 5.75 Å². The Bertz CT molecular complexity index is 1280. The number of hydrogen-bond donors (Lipinski definition) is 3. The Labute approximate surface area is 178 Å². The van der Waals surface area contributed by atoms with Crippen LogP contribution in [0.15, 0.2) is 41.2 Å². The molecule has 0 bridgehead atoms. The molecule has 1 fully saturated rings. The van der Waals surface area contributed by atoms with E-state index in [1.165, 1.54) is 4.57 Å². The monoisotopic (exact) mass is 420 g/mol. The number of phenols is 1. The zero-order valence-corrected chi connectivity index (χ0v) is 17.4. The summed E-state index contributed by atoms with van der Waals surface area (Å²) in [5.74, 6) is 0.593. The van der Waals surface area contributed by atoms with Gasteiger partial charge in [-0.05, 0) is 36.2 Å². The molecule has 0 saturated carbocycles. The van der Waals surface area contributed by atoms with Gasteiger partial charge in [0.25, 0.3) is 0 Å². The Hall–Kier alpha value is -3.59. The first-order valence-electron chi connectivity index (χ1n) is 10.3. The highest BCUT2D eigenvalue weighted by Crippen LogP contribution is 2.35. The zero-order valence-electron chi connectivity index (χ0n) is 17.4. The van der Waals surface area contributed by atoms with Crippen LogP contribution in [0.2, 0.25) is 0 Å². The highest BCUT2D eigenvalue weighted by atomic mass is 16.5. The van der Waals surface area contributed by atoms with E-state index in [1.807, 2.05) is 30.3 Å². The summed E-state index contributed by atoms with van der Waals surface area (Å²) < 4.78 is 6.88.